The fourth-order valence-electron chi connectivity index (χ4n) is 3.77. The molecule has 0 N–H and O–H groups in total. The molecule has 0 amide bonds. The van der Waals surface area contributed by atoms with Gasteiger partial charge in [-0.25, -0.2) is 4.99 Å². The number of hydrogen-bond donors (Lipinski definition) is 0. The van der Waals surface area contributed by atoms with Crippen LogP contribution in [0.4, 0.5) is 5.69 Å². The van der Waals surface area contributed by atoms with Gasteiger partial charge in [-0.3, -0.25) is 0 Å². The molecule has 0 aliphatic carbocycles. The number of hydrogen-bond acceptors (Lipinski definition) is 3. The molecule has 0 radical (unpaired) electrons. The Morgan fingerprint density at radius 1 is 0.923 bits per heavy atom. The molecular weight excluding hydrogens is 318 g/mol. The van der Waals surface area contributed by atoms with Crippen LogP contribution < -0.4 is 0 Å². The van der Waals surface area contributed by atoms with Gasteiger partial charge in [0.2, 0.25) is 0 Å². The van der Waals surface area contributed by atoms with Gasteiger partial charge in [-0.05, 0) is 37.1 Å². The van der Waals surface area contributed by atoms with Crippen molar-refractivity contribution in [2.24, 2.45) is 4.99 Å². The van der Waals surface area contributed by atoms with E-state index in [1.165, 1.54) is 22.3 Å². The molecule has 0 atom stereocenters. The van der Waals surface area contributed by atoms with E-state index in [9.17, 15) is 0 Å². The molecule has 134 valence electrons. The Hall–Kier alpha value is -2.39. The van der Waals surface area contributed by atoms with E-state index in [1.54, 1.807) is 0 Å². The second-order valence-corrected chi connectivity index (χ2v) is 7.17. The third-order valence-corrected chi connectivity index (χ3v) is 5.47. The third-order valence-electron chi connectivity index (χ3n) is 5.47. The monoisotopic (exact) mass is 345 g/mol. The molecule has 3 nitrogen and oxygen atoms in total. The summed E-state index contributed by atoms with van der Waals surface area (Å²) in [6, 6.07) is 17.4. The van der Waals surface area contributed by atoms with Crippen molar-refractivity contribution in [3.63, 3.8) is 0 Å². The van der Waals surface area contributed by atoms with Gasteiger partial charge in [-0.1, -0.05) is 61.0 Å². The van der Waals surface area contributed by atoms with Crippen LogP contribution in [0.2, 0.25) is 0 Å². The Morgan fingerprint density at radius 2 is 1.65 bits per heavy atom. The Balaban J connectivity index is 1.74. The van der Waals surface area contributed by atoms with Crippen LogP contribution in [0.3, 0.4) is 0 Å². The Morgan fingerprint density at radius 3 is 2.38 bits per heavy atom. The van der Waals surface area contributed by atoms with E-state index in [2.05, 4.69) is 78.3 Å². The molecule has 2 aliphatic rings. The van der Waals surface area contributed by atoms with Gasteiger partial charge in [0.15, 0.2) is 0 Å². The van der Waals surface area contributed by atoms with Crippen LogP contribution >= 0.6 is 0 Å². The molecule has 0 spiro atoms. The second-order valence-electron chi connectivity index (χ2n) is 7.17. The summed E-state index contributed by atoms with van der Waals surface area (Å²) in [5.74, 6) is 1.13. The van der Waals surface area contributed by atoms with Crippen molar-refractivity contribution in [1.29, 1.82) is 0 Å². The fraction of sp³-hybridized carbons (Fsp3) is 0.348. The quantitative estimate of drug-likeness (QED) is 0.808. The standard InChI is InChI=1S/C23H27N3/c1-3-25-14-16-26(17-15-25)23-21(19-10-8-18(2)9-11-19)13-12-20-6-4-5-7-22(20)24-23/h4-11,13H,3,12,14-17H2,1-2H3. The molecule has 0 aromatic heterocycles. The molecule has 3 heteroatoms. The number of aryl methyl sites for hydroxylation is 1. The molecule has 0 bridgehead atoms. The van der Waals surface area contributed by atoms with Crippen molar-refractivity contribution in [1.82, 2.24) is 9.80 Å². The number of rotatable bonds is 2. The van der Waals surface area contributed by atoms with Crippen molar-refractivity contribution in [3.05, 3.63) is 71.3 Å². The first kappa shape index (κ1) is 17.0. The summed E-state index contributed by atoms with van der Waals surface area (Å²) >= 11 is 0. The van der Waals surface area contributed by atoms with Gasteiger partial charge in [0, 0.05) is 31.8 Å². The second kappa shape index (κ2) is 7.46. The molecular formula is C23H27N3. The summed E-state index contributed by atoms with van der Waals surface area (Å²) in [5.41, 5.74) is 6.24. The van der Waals surface area contributed by atoms with E-state index < -0.39 is 0 Å². The Bertz CT molecular complexity index is 825. The molecule has 2 heterocycles. The minimum Gasteiger partial charge on any atom is -0.354 e. The lowest BCUT2D eigenvalue weighted by atomic mass is 10.0. The number of fused-ring (bicyclic) bond motifs is 1. The lowest BCUT2D eigenvalue weighted by molar-refractivity contribution is 0.191. The van der Waals surface area contributed by atoms with Gasteiger partial charge in [0.1, 0.15) is 5.84 Å². The zero-order valence-corrected chi connectivity index (χ0v) is 15.8. The summed E-state index contributed by atoms with van der Waals surface area (Å²) in [5, 5.41) is 0. The van der Waals surface area contributed by atoms with Crippen LogP contribution in [-0.2, 0) is 6.42 Å². The maximum Gasteiger partial charge on any atom is 0.136 e. The lowest BCUT2D eigenvalue weighted by Crippen LogP contribution is -2.48. The predicted octanol–water partition coefficient (Wildman–Crippen LogP) is 4.30. The zero-order chi connectivity index (χ0) is 17.9. The number of allylic oxidation sites excluding steroid dienone is 1. The number of para-hydroxylation sites is 1. The van der Waals surface area contributed by atoms with E-state index in [0.29, 0.717) is 0 Å². The van der Waals surface area contributed by atoms with Crippen LogP contribution in [0.5, 0.6) is 0 Å². The molecule has 0 saturated carbocycles. The molecule has 2 aromatic rings. The van der Waals surface area contributed by atoms with Crippen LogP contribution in [0.1, 0.15) is 23.6 Å². The molecule has 0 unspecified atom stereocenters. The number of amidine groups is 1. The zero-order valence-electron chi connectivity index (χ0n) is 15.8. The highest BCUT2D eigenvalue weighted by molar-refractivity contribution is 6.23. The average Bonchev–Trinajstić information content (AvgIpc) is 2.88. The predicted molar refractivity (Wildman–Crippen MR) is 110 cm³/mol. The smallest absolute Gasteiger partial charge is 0.136 e. The van der Waals surface area contributed by atoms with E-state index in [-0.39, 0.29) is 0 Å². The number of likely N-dealkylation sites (N-methyl/N-ethyl adjacent to an activating group) is 1. The minimum atomic E-state index is 0.932. The normalized spacial score (nSPS) is 18.0. The van der Waals surface area contributed by atoms with Crippen molar-refractivity contribution >= 4 is 17.1 Å². The first-order valence-electron chi connectivity index (χ1n) is 9.66. The van der Waals surface area contributed by atoms with Crippen molar-refractivity contribution in [2.75, 3.05) is 32.7 Å². The SMILES string of the molecule is CCN1CCN(C2=Nc3ccccc3CC=C2c2ccc(C)cc2)CC1. The van der Waals surface area contributed by atoms with E-state index in [0.717, 1.165) is 50.7 Å². The third kappa shape index (κ3) is 3.45. The maximum atomic E-state index is 5.15. The largest absolute Gasteiger partial charge is 0.354 e. The summed E-state index contributed by atoms with van der Waals surface area (Å²) in [6.07, 6.45) is 3.29. The molecule has 2 aliphatic heterocycles. The number of piperazine rings is 1. The lowest BCUT2D eigenvalue weighted by Gasteiger charge is -2.36. The van der Waals surface area contributed by atoms with Gasteiger partial charge in [0.25, 0.3) is 0 Å². The van der Waals surface area contributed by atoms with Crippen LogP contribution in [-0.4, -0.2) is 48.4 Å². The Labute approximate surface area is 156 Å². The van der Waals surface area contributed by atoms with Gasteiger partial charge < -0.3 is 9.80 Å². The Kier molecular flexibility index (Phi) is 4.89. The van der Waals surface area contributed by atoms with E-state index >= 15 is 0 Å². The maximum absolute atomic E-state index is 5.15. The molecule has 2 aromatic carbocycles. The minimum absolute atomic E-state index is 0.932. The first-order valence-corrected chi connectivity index (χ1v) is 9.66. The van der Waals surface area contributed by atoms with Crippen LogP contribution in [0.15, 0.2) is 59.6 Å². The molecule has 1 fully saturated rings. The van der Waals surface area contributed by atoms with Crippen molar-refractivity contribution < 1.29 is 0 Å². The highest BCUT2D eigenvalue weighted by atomic mass is 15.3. The molecule has 1 saturated heterocycles. The van der Waals surface area contributed by atoms with Crippen molar-refractivity contribution in [3.8, 4) is 0 Å². The number of aliphatic imine (C=N–C) groups is 1. The average molecular weight is 345 g/mol. The summed E-state index contributed by atoms with van der Waals surface area (Å²) < 4.78 is 0. The summed E-state index contributed by atoms with van der Waals surface area (Å²) in [4.78, 5) is 10.1. The van der Waals surface area contributed by atoms with Gasteiger partial charge >= 0.3 is 0 Å². The topological polar surface area (TPSA) is 18.8 Å². The molecule has 4 rings (SSSR count). The molecule has 26 heavy (non-hydrogen) atoms. The first-order chi connectivity index (χ1) is 12.7. The highest BCUT2D eigenvalue weighted by Crippen LogP contribution is 2.30. The van der Waals surface area contributed by atoms with Crippen LogP contribution in [0.25, 0.3) is 5.57 Å². The van der Waals surface area contributed by atoms with Gasteiger partial charge in [-0.15, -0.1) is 0 Å². The summed E-state index contributed by atoms with van der Waals surface area (Å²) in [7, 11) is 0. The van der Waals surface area contributed by atoms with Crippen molar-refractivity contribution in [2.45, 2.75) is 20.3 Å². The number of benzene rings is 2. The summed E-state index contributed by atoms with van der Waals surface area (Å²) in [6.45, 7) is 9.81. The van der Waals surface area contributed by atoms with Gasteiger partial charge in [0.05, 0.1) is 5.69 Å². The van der Waals surface area contributed by atoms with Crippen LogP contribution in [0, 0.1) is 6.92 Å². The van der Waals surface area contributed by atoms with E-state index in [1.807, 2.05) is 0 Å². The number of nitrogens with zero attached hydrogens (tertiary/aromatic N) is 3. The van der Waals surface area contributed by atoms with E-state index in [4.69, 9.17) is 4.99 Å². The highest BCUT2D eigenvalue weighted by Gasteiger charge is 2.24. The van der Waals surface area contributed by atoms with Gasteiger partial charge in [-0.2, -0.15) is 0 Å². The fourth-order valence-corrected chi connectivity index (χ4v) is 3.77.